The van der Waals surface area contributed by atoms with Gasteiger partial charge in [0, 0.05) is 24.9 Å². The smallest absolute Gasteiger partial charge is 0.229 e. The van der Waals surface area contributed by atoms with Crippen LogP contribution in [0.5, 0.6) is 0 Å². The maximum Gasteiger partial charge on any atom is 0.229 e. The lowest BCUT2D eigenvalue weighted by Crippen LogP contribution is -2.41. The average molecular weight is 252 g/mol. The zero-order valence-corrected chi connectivity index (χ0v) is 10.4. The first-order chi connectivity index (χ1) is 8.08. The van der Waals surface area contributed by atoms with Crippen molar-refractivity contribution in [1.29, 1.82) is 0 Å². The lowest BCUT2D eigenvalue weighted by atomic mass is 9.89. The number of amides is 2. The van der Waals surface area contributed by atoms with E-state index in [4.69, 9.17) is 11.6 Å². The fourth-order valence-corrected chi connectivity index (χ4v) is 2.41. The van der Waals surface area contributed by atoms with Gasteiger partial charge in [-0.15, -0.1) is 0 Å². The highest BCUT2D eigenvalue weighted by Gasteiger charge is 2.28. The first-order valence-electron chi connectivity index (χ1n) is 5.64. The molecular formula is C13H14ClNO2. The third kappa shape index (κ3) is 2.67. The monoisotopic (exact) mass is 251 g/mol. The van der Waals surface area contributed by atoms with Gasteiger partial charge in [-0.2, -0.15) is 0 Å². The van der Waals surface area contributed by atoms with Crippen LogP contribution < -0.4 is 0 Å². The molecule has 1 atom stereocenters. The minimum atomic E-state index is -0.167. The van der Waals surface area contributed by atoms with Crippen LogP contribution in [0, 0.1) is 0 Å². The van der Waals surface area contributed by atoms with Crippen LogP contribution in [-0.4, -0.2) is 23.3 Å². The van der Waals surface area contributed by atoms with E-state index < -0.39 is 0 Å². The Kier molecular flexibility index (Phi) is 3.48. The van der Waals surface area contributed by atoms with Gasteiger partial charge in [0.1, 0.15) is 0 Å². The first kappa shape index (κ1) is 12.1. The van der Waals surface area contributed by atoms with Gasteiger partial charge in [-0.3, -0.25) is 14.5 Å². The van der Waals surface area contributed by atoms with Gasteiger partial charge in [0.05, 0.1) is 0 Å². The van der Waals surface area contributed by atoms with Crippen molar-refractivity contribution < 1.29 is 9.59 Å². The van der Waals surface area contributed by atoms with Gasteiger partial charge in [-0.05, 0) is 30.0 Å². The normalized spacial score (nSPS) is 20.5. The SMILES string of the molecule is CC(=O)N1CCC(c2cccc(Cl)c2)CC1=O. The summed E-state index contributed by atoms with van der Waals surface area (Å²) in [6, 6.07) is 7.58. The molecule has 1 heterocycles. The van der Waals surface area contributed by atoms with Crippen molar-refractivity contribution in [2.24, 2.45) is 0 Å². The number of hydrogen-bond donors (Lipinski definition) is 0. The van der Waals surface area contributed by atoms with Crippen molar-refractivity contribution in [3.8, 4) is 0 Å². The molecule has 1 aliphatic rings. The van der Waals surface area contributed by atoms with Crippen LogP contribution in [0.15, 0.2) is 24.3 Å². The molecule has 1 unspecified atom stereocenters. The topological polar surface area (TPSA) is 37.4 Å². The highest BCUT2D eigenvalue weighted by atomic mass is 35.5. The second-order valence-corrected chi connectivity index (χ2v) is 4.75. The summed E-state index contributed by atoms with van der Waals surface area (Å²) in [4.78, 5) is 24.3. The summed E-state index contributed by atoms with van der Waals surface area (Å²) in [6.07, 6.45) is 1.20. The van der Waals surface area contributed by atoms with E-state index in [0.29, 0.717) is 18.0 Å². The molecule has 0 saturated carbocycles. The number of halogens is 1. The number of benzene rings is 1. The molecule has 1 aliphatic heterocycles. The Morgan fingerprint density at radius 2 is 2.24 bits per heavy atom. The lowest BCUT2D eigenvalue weighted by Gasteiger charge is -2.29. The Labute approximate surface area is 105 Å². The van der Waals surface area contributed by atoms with Gasteiger partial charge in [-0.1, -0.05) is 23.7 Å². The molecule has 0 aromatic heterocycles. The summed E-state index contributed by atoms with van der Waals surface area (Å²) >= 11 is 5.93. The molecule has 0 aliphatic carbocycles. The Hall–Kier alpha value is -1.35. The molecule has 1 aromatic rings. The zero-order valence-electron chi connectivity index (χ0n) is 9.65. The van der Waals surface area contributed by atoms with Crippen LogP contribution in [0.2, 0.25) is 5.02 Å². The summed E-state index contributed by atoms with van der Waals surface area (Å²) in [5.41, 5.74) is 1.08. The van der Waals surface area contributed by atoms with Gasteiger partial charge in [0.15, 0.2) is 0 Å². The minimum Gasteiger partial charge on any atom is -0.283 e. The number of carbonyl (C=O) groups excluding carboxylic acids is 2. The Bertz CT molecular complexity index is 458. The number of imide groups is 1. The number of piperidine rings is 1. The largest absolute Gasteiger partial charge is 0.283 e. The van der Waals surface area contributed by atoms with Crippen LogP contribution in [-0.2, 0) is 9.59 Å². The fourth-order valence-electron chi connectivity index (χ4n) is 2.21. The van der Waals surface area contributed by atoms with Crippen molar-refractivity contribution in [3.05, 3.63) is 34.9 Å². The van der Waals surface area contributed by atoms with Gasteiger partial charge < -0.3 is 0 Å². The molecule has 0 N–H and O–H groups in total. The van der Waals surface area contributed by atoms with E-state index in [2.05, 4.69) is 0 Å². The third-order valence-corrected chi connectivity index (χ3v) is 3.36. The molecule has 2 amide bonds. The molecule has 1 aromatic carbocycles. The molecule has 17 heavy (non-hydrogen) atoms. The van der Waals surface area contributed by atoms with Gasteiger partial charge in [-0.25, -0.2) is 0 Å². The van der Waals surface area contributed by atoms with E-state index in [1.165, 1.54) is 11.8 Å². The van der Waals surface area contributed by atoms with Crippen LogP contribution in [0.1, 0.15) is 31.2 Å². The van der Waals surface area contributed by atoms with Gasteiger partial charge >= 0.3 is 0 Å². The highest BCUT2D eigenvalue weighted by Crippen LogP contribution is 2.30. The lowest BCUT2D eigenvalue weighted by molar-refractivity contribution is -0.145. The second-order valence-electron chi connectivity index (χ2n) is 4.31. The van der Waals surface area contributed by atoms with E-state index in [-0.39, 0.29) is 17.7 Å². The third-order valence-electron chi connectivity index (χ3n) is 3.12. The van der Waals surface area contributed by atoms with E-state index in [9.17, 15) is 9.59 Å². The molecular weight excluding hydrogens is 238 g/mol. The molecule has 0 radical (unpaired) electrons. The van der Waals surface area contributed by atoms with Gasteiger partial charge in [0.25, 0.3) is 0 Å². The number of carbonyl (C=O) groups is 2. The molecule has 0 bridgehead atoms. The second kappa shape index (κ2) is 4.88. The first-order valence-corrected chi connectivity index (χ1v) is 6.02. The van der Waals surface area contributed by atoms with Crippen LogP contribution in [0.25, 0.3) is 0 Å². The van der Waals surface area contributed by atoms with E-state index in [1.807, 2.05) is 24.3 Å². The van der Waals surface area contributed by atoms with Crippen LogP contribution in [0.4, 0.5) is 0 Å². The maximum absolute atomic E-state index is 11.8. The van der Waals surface area contributed by atoms with Crippen molar-refractivity contribution in [1.82, 2.24) is 4.90 Å². The zero-order chi connectivity index (χ0) is 12.4. The summed E-state index contributed by atoms with van der Waals surface area (Å²) in [5, 5.41) is 0.684. The van der Waals surface area contributed by atoms with E-state index in [1.54, 1.807) is 0 Å². The predicted molar refractivity (Wildman–Crippen MR) is 65.8 cm³/mol. The highest BCUT2D eigenvalue weighted by molar-refractivity contribution is 6.30. The Balaban J connectivity index is 2.12. The van der Waals surface area contributed by atoms with Crippen molar-refractivity contribution in [3.63, 3.8) is 0 Å². The van der Waals surface area contributed by atoms with Crippen molar-refractivity contribution in [2.75, 3.05) is 6.54 Å². The molecule has 0 spiro atoms. The number of hydrogen-bond acceptors (Lipinski definition) is 2. The number of rotatable bonds is 1. The van der Waals surface area contributed by atoms with E-state index >= 15 is 0 Å². The summed E-state index contributed by atoms with van der Waals surface area (Å²) in [7, 11) is 0. The van der Waals surface area contributed by atoms with Crippen molar-refractivity contribution in [2.45, 2.75) is 25.7 Å². The Morgan fingerprint density at radius 3 is 2.82 bits per heavy atom. The fraction of sp³-hybridized carbons (Fsp3) is 0.385. The average Bonchev–Trinajstić information content (AvgIpc) is 2.28. The maximum atomic E-state index is 11.8. The van der Waals surface area contributed by atoms with Crippen LogP contribution >= 0.6 is 11.6 Å². The molecule has 3 nitrogen and oxygen atoms in total. The van der Waals surface area contributed by atoms with Crippen molar-refractivity contribution >= 4 is 23.4 Å². The molecule has 4 heteroatoms. The standard InChI is InChI=1S/C13H14ClNO2/c1-9(16)15-6-5-11(8-13(15)17)10-3-2-4-12(14)7-10/h2-4,7,11H,5-6,8H2,1H3. The number of nitrogens with zero attached hydrogens (tertiary/aromatic N) is 1. The summed E-state index contributed by atoms with van der Waals surface area (Å²) in [5.74, 6) is -0.0786. The molecule has 1 fully saturated rings. The molecule has 1 saturated heterocycles. The summed E-state index contributed by atoms with van der Waals surface area (Å²) in [6.45, 7) is 1.93. The Morgan fingerprint density at radius 1 is 1.47 bits per heavy atom. The summed E-state index contributed by atoms with van der Waals surface area (Å²) < 4.78 is 0. The molecule has 2 rings (SSSR count). The quantitative estimate of drug-likeness (QED) is 0.769. The minimum absolute atomic E-state index is 0.0891. The van der Waals surface area contributed by atoms with Crippen LogP contribution in [0.3, 0.4) is 0 Å². The predicted octanol–water partition coefficient (Wildman–Crippen LogP) is 2.59. The number of likely N-dealkylation sites (tertiary alicyclic amines) is 1. The molecule has 90 valence electrons. The van der Waals surface area contributed by atoms with E-state index in [0.717, 1.165) is 12.0 Å². The van der Waals surface area contributed by atoms with Gasteiger partial charge in [0.2, 0.25) is 11.8 Å².